The van der Waals surface area contributed by atoms with Crippen molar-refractivity contribution < 1.29 is 14.3 Å². The van der Waals surface area contributed by atoms with Gasteiger partial charge in [-0.25, -0.2) is 0 Å². The summed E-state index contributed by atoms with van der Waals surface area (Å²) in [6, 6.07) is 7.27. The number of nitrogens with one attached hydrogen (secondary N) is 2. The van der Waals surface area contributed by atoms with Crippen LogP contribution in [0.5, 0.6) is 5.75 Å². The van der Waals surface area contributed by atoms with E-state index in [1.165, 1.54) is 0 Å². The fraction of sp³-hybridized carbons (Fsp3) is 0.556. The van der Waals surface area contributed by atoms with Gasteiger partial charge in [-0.3, -0.25) is 9.59 Å². The van der Waals surface area contributed by atoms with E-state index < -0.39 is 6.04 Å². The van der Waals surface area contributed by atoms with Crippen LogP contribution in [0, 0.1) is 5.41 Å². The highest BCUT2D eigenvalue weighted by molar-refractivity contribution is 5.90. The van der Waals surface area contributed by atoms with Crippen LogP contribution in [-0.4, -0.2) is 31.5 Å². The number of hydrogen-bond acceptors (Lipinski definition) is 3. The van der Waals surface area contributed by atoms with E-state index in [-0.39, 0.29) is 17.2 Å². The molecule has 1 aromatic rings. The fourth-order valence-corrected chi connectivity index (χ4v) is 3.19. The molecular formula is C18H26N2O3. The van der Waals surface area contributed by atoms with E-state index in [0.29, 0.717) is 19.4 Å². The number of aryl methyl sites for hydroxylation is 1. The minimum atomic E-state index is -0.421. The molecule has 126 valence electrons. The van der Waals surface area contributed by atoms with E-state index in [0.717, 1.165) is 24.2 Å². The number of carbonyl (C=O) groups is 2. The number of hydrogen-bond donors (Lipinski definition) is 2. The van der Waals surface area contributed by atoms with E-state index in [4.69, 9.17) is 4.74 Å². The third-order valence-corrected chi connectivity index (χ3v) is 4.98. The van der Waals surface area contributed by atoms with Crippen LogP contribution < -0.4 is 15.4 Å². The summed E-state index contributed by atoms with van der Waals surface area (Å²) >= 11 is 0. The van der Waals surface area contributed by atoms with Crippen molar-refractivity contribution in [1.82, 2.24) is 10.6 Å². The van der Waals surface area contributed by atoms with Gasteiger partial charge >= 0.3 is 0 Å². The van der Waals surface area contributed by atoms with Crippen LogP contribution in [0.4, 0.5) is 0 Å². The Bertz CT molecular complexity index is 567. The lowest BCUT2D eigenvalue weighted by molar-refractivity contribution is -0.128. The van der Waals surface area contributed by atoms with Gasteiger partial charge in [0.15, 0.2) is 0 Å². The SMILES string of the molecule is CCC1(CC)CNC(=O)C1NC(=O)CCc1cccc(OC)c1. The van der Waals surface area contributed by atoms with Gasteiger partial charge in [0.2, 0.25) is 11.8 Å². The van der Waals surface area contributed by atoms with Crippen LogP contribution in [0.15, 0.2) is 24.3 Å². The van der Waals surface area contributed by atoms with Crippen molar-refractivity contribution in [3.63, 3.8) is 0 Å². The Hall–Kier alpha value is -2.04. The lowest BCUT2D eigenvalue weighted by Crippen LogP contribution is -2.48. The first-order valence-corrected chi connectivity index (χ1v) is 8.24. The number of amides is 2. The highest BCUT2D eigenvalue weighted by atomic mass is 16.5. The van der Waals surface area contributed by atoms with Crippen molar-refractivity contribution in [2.24, 2.45) is 5.41 Å². The Morgan fingerprint density at radius 1 is 1.39 bits per heavy atom. The molecule has 2 N–H and O–H groups in total. The largest absolute Gasteiger partial charge is 0.497 e. The van der Waals surface area contributed by atoms with Crippen molar-refractivity contribution in [3.05, 3.63) is 29.8 Å². The zero-order valence-corrected chi connectivity index (χ0v) is 14.1. The second kappa shape index (κ2) is 7.49. The Labute approximate surface area is 137 Å². The van der Waals surface area contributed by atoms with Crippen LogP contribution in [0.1, 0.15) is 38.7 Å². The Morgan fingerprint density at radius 2 is 2.13 bits per heavy atom. The number of ether oxygens (including phenoxy) is 1. The van der Waals surface area contributed by atoms with E-state index >= 15 is 0 Å². The number of methoxy groups -OCH3 is 1. The highest BCUT2D eigenvalue weighted by Gasteiger charge is 2.46. The van der Waals surface area contributed by atoms with E-state index in [1.807, 2.05) is 24.3 Å². The van der Waals surface area contributed by atoms with E-state index in [2.05, 4.69) is 24.5 Å². The van der Waals surface area contributed by atoms with Gasteiger partial charge in [0.25, 0.3) is 0 Å². The predicted octanol–water partition coefficient (Wildman–Crippen LogP) is 2.05. The molecule has 1 aliphatic rings. The first kappa shape index (κ1) is 17.3. The van der Waals surface area contributed by atoms with Gasteiger partial charge in [-0.15, -0.1) is 0 Å². The van der Waals surface area contributed by atoms with Gasteiger partial charge in [0.1, 0.15) is 11.8 Å². The van der Waals surface area contributed by atoms with Crippen LogP contribution in [0.2, 0.25) is 0 Å². The lowest BCUT2D eigenvalue weighted by atomic mass is 9.77. The third kappa shape index (κ3) is 3.84. The third-order valence-electron chi connectivity index (χ3n) is 4.98. The molecule has 0 spiro atoms. The summed E-state index contributed by atoms with van der Waals surface area (Å²) in [5.41, 5.74) is 0.885. The zero-order chi connectivity index (χ0) is 16.9. The van der Waals surface area contributed by atoms with Gasteiger partial charge in [-0.1, -0.05) is 26.0 Å². The molecule has 0 aliphatic carbocycles. The van der Waals surface area contributed by atoms with Gasteiger partial charge in [-0.2, -0.15) is 0 Å². The Balaban J connectivity index is 1.94. The molecular weight excluding hydrogens is 292 g/mol. The molecule has 1 fully saturated rings. The molecule has 5 nitrogen and oxygen atoms in total. The molecule has 1 aromatic carbocycles. The summed E-state index contributed by atoms with van der Waals surface area (Å²) in [4.78, 5) is 24.3. The standard InChI is InChI=1S/C18H26N2O3/c1-4-18(5-2)12-19-17(22)16(18)20-15(21)10-9-13-7-6-8-14(11-13)23-3/h6-8,11,16H,4-5,9-10,12H2,1-3H3,(H,19,22)(H,20,21). The zero-order valence-electron chi connectivity index (χ0n) is 14.1. The molecule has 5 heteroatoms. The molecule has 23 heavy (non-hydrogen) atoms. The maximum absolute atomic E-state index is 12.3. The van der Waals surface area contributed by atoms with Crippen molar-refractivity contribution in [2.45, 2.75) is 45.6 Å². The van der Waals surface area contributed by atoms with Crippen molar-refractivity contribution in [2.75, 3.05) is 13.7 Å². The summed E-state index contributed by atoms with van der Waals surface area (Å²) in [5.74, 6) is 0.638. The molecule has 0 saturated carbocycles. The van der Waals surface area contributed by atoms with Crippen molar-refractivity contribution in [1.29, 1.82) is 0 Å². The van der Waals surface area contributed by atoms with Crippen molar-refractivity contribution in [3.8, 4) is 5.75 Å². The molecule has 0 aromatic heterocycles. The predicted molar refractivity (Wildman–Crippen MR) is 89.3 cm³/mol. The van der Waals surface area contributed by atoms with Crippen LogP contribution >= 0.6 is 0 Å². The lowest BCUT2D eigenvalue weighted by Gasteiger charge is -2.31. The molecule has 2 amide bonds. The minimum Gasteiger partial charge on any atom is -0.497 e. The van der Waals surface area contributed by atoms with Crippen LogP contribution in [0.3, 0.4) is 0 Å². The first-order valence-electron chi connectivity index (χ1n) is 8.24. The smallest absolute Gasteiger partial charge is 0.243 e. The number of carbonyl (C=O) groups excluding carboxylic acids is 2. The molecule has 1 atom stereocenters. The fourth-order valence-electron chi connectivity index (χ4n) is 3.19. The molecule has 1 saturated heterocycles. The minimum absolute atomic E-state index is 0.0663. The average Bonchev–Trinajstić information content (AvgIpc) is 2.90. The summed E-state index contributed by atoms with van der Waals surface area (Å²) < 4.78 is 5.19. The highest BCUT2D eigenvalue weighted by Crippen LogP contribution is 2.34. The average molecular weight is 318 g/mol. The van der Waals surface area contributed by atoms with Crippen molar-refractivity contribution >= 4 is 11.8 Å². The normalized spacial score (nSPS) is 19.3. The second-order valence-electron chi connectivity index (χ2n) is 6.14. The molecule has 0 radical (unpaired) electrons. The maximum Gasteiger partial charge on any atom is 0.243 e. The number of rotatable bonds is 7. The van der Waals surface area contributed by atoms with Gasteiger partial charge in [0.05, 0.1) is 7.11 Å². The topological polar surface area (TPSA) is 67.4 Å². The summed E-state index contributed by atoms with van der Waals surface area (Å²) in [6.45, 7) is 4.78. The van der Waals surface area contributed by atoms with E-state index in [1.54, 1.807) is 7.11 Å². The summed E-state index contributed by atoms with van der Waals surface area (Å²) in [6.07, 6.45) is 2.72. The molecule has 1 aliphatic heterocycles. The monoisotopic (exact) mass is 318 g/mol. The summed E-state index contributed by atoms with van der Waals surface area (Å²) in [7, 11) is 1.62. The molecule has 1 unspecified atom stereocenters. The molecule has 1 heterocycles. The quantitative estimate of drug-likeness (QED) is 0.808. The molecule has 2 rings (SSSR count). The number of benzene rings is 1. The van der Waals surface area contributed by atoms with Gasteiger partial charge in [-0.05, 0) is 37.0 Å². The van der Waals surface area contributed by atoms with Gasteiger partial charge < -0.3 is 15.4 Å². The van der Waals surface area contributed by atoms with Gasteiger partial charge in [0, 0.05) is 18.4 Å². The van der Waals surface area contributed by atoms with E-state index in [9.17, 15) is 9.59 Å². The van der Waals surface area contributed by atoms with Crippen LogP contribution in [0.25, 0.3) is 0 Å². The summed E-state index contributed by atoms with van der Waals surface area (Å²) in [5, 5.41) is 5.82. The Kier molecular flexibility index (Phi) is 5.64. The maximum atomic E-state index is 12.3. The second-order valence-corrected chi connectivity index (χ2v) is 6.14. The Morgan fingerprint density at radius 3 is 2.78 bits per heavy atom. The first-order chi connectivity index (χ1) is 11.0. The molecule has 0 bridgehead atoms. The van der Waals surface area contributed by atoms with Crippen LogP contribution in [-0.2, 0) is 16.0 Å².